The van der Waals surface area contributed by atoms with Crippen molar-refractivity contribution in [3.8, 4) is 50.6 Å². The molecular formula is C32H37N5O7S. The van der Waals surface area contributed by atoms with E-state index in [2.05, 4.69) is 39.3 Å². The van der Waals surface area contributed by atoms with Gasteiger partial charge in [-0.1, -0.05) is 19.9 Å². The van der Waals surface area contributed by atoms with Crippen LogP contribution in [0.1, 0.15) is 53.6 Å². The molecule has 0 radical (unpaired) electrons. The van der Waals surface area contributed by atoms with Crippen LogP contribution < -0.4 is 10.6 Å². The van der Waals surface area contributed by atoms with Crippen LogP contribution in [0.2, 0.25) is 0 Å². The number of phenols is 5. The Bertz CT molecular complexity index is 1740. The highest BCUT2D eigenvalue weighted by atomic mass is 32.1. The number of aromatic amines is 1. The van der Waals surface area contributed by atoms with Gasteiger partial charge in [-0.25, -0.2) is 4.98 Å². The van der Waals surface area contributed by atoms with E-state index in [-0.39, 0.29) is 16.5 Å². The Hall–Kier alpha value is -5.01. The van der Waals surface area contributed by atoms with E-state index in [1.54, 1.807) is 17.5 Å². The Balaban J connectivity index is 1.67. The number of nitrogens with one attached hydrogen (secondary N) is 3. The molecule has 0 saturated carbocycles. The molecule has 0 aliphatic rings. The van der Waals surface area contributed by atoms with Gasteiger partial charge in [0.25, 0.3) is 5.91 Å². The van der Waals surface area contributed by atoms with Gasteiger partial charge in [-0.05, 0) is 63.2 Å². The molecule has 2 aromatic heterocycles. The molecule has 0 bridgehead atoms. The predicted molar refractivity (Wildman–Crippen MR) is 175 cm³/mol. The summed E-state index contributed by atoms with van der Waals surface area (Å²) in [6.07, 6.45) is 2.47. The number of rotatable bonds is 12. The molecule has 2 aromatic carbocycles. The summed E-state index contributed by atoms with van der Waals surface area (Å²) in [5.74, 6) is -4.84. The first-order chi connectivity index (χ1) is 21.4. The topological polar surface area (TPSA) is 191 Å². The molecule has 2 amide bonds. The largest absolute Gasteiger partial charge is 0.504 e. The standard InChI is InChI=1S/C32H37N5O7S/c1-6-37(7-2)11-10-33-31(44)24-17(4)22(35-18(24)5)12-16(3)20-13-19(8-9-21(20)34-15-38)23-14-45-32(36-23)25-26(39)28(41)30(43)29(42)27(25)40/h8-9,12-15,35,39-43H,6-7,10-11H2,1-5H3,(H,33,44)(H,34,38)/b16-12+. The van der Waals surface area contributed by atoms with Crippen molar-refractivity contribution in [2.75, 3.05) is 31.5 Å². The Kier molecular flexibility index (Phi) is 10.0. The molecule has 0 aliphatic heterocycles. The van der Waals surface area contributed by atoms with Crippen molar-refractivity contribution in [3.63, 3.8) is 0 Å². The summed E-state index contributed by atoms with van der Waals surface area (Å²) in [4.78, 5) is 34.5. The summed E-state index contributed by atoms with van der Waals surface area (Å²) in [6, 6.07) is 5.26. The Morgan fingerprint density at radius 3 is 2.29 bits per heavy atom. The van der Waals surface area contributed by atoms with Gasteiger partial charge in [-0.2, -0.15) is 0 Å². The number of hydrogen-bond acceptors (Lipinski definition) is 10. The number of aromatic hydroxyl groups is 5. The molecular weight excluding hydrogens is 598 g/mol. The number of aryl methyl sites for hydroxylation is 1. The number of H-pyrrole nitrogens is 1. The van der Waals surface area contributed by atoms with Crippen LogP contribution >= 0.6 is 11.3 Å². The summed E-state index contributed by atoms with van der Waals surface area (Å²) in [5.41, 5.74) is 5.60. The molecule has 45 heavy (non-hydrogen) atoms. The summed E-state index contributed by atoms with van der Waals surface area (Å²) >= 11 is 1.03. The number of benzene rings is 2. The molecule has 2 heterocycles. The highest BCUT2D eigenvalue weighted by Crippen LogP contribution is 2.55. The normalized spacial score (nSPS) is 11.6. The van der Waals surface area contributed by atoms with Gasteiger partial charge in [0.05, 0.1) is 11.3 Å². The maximum absolute atomic E-state index is 13.1. The van der Waals surface area contributed by atoms with Crippen molar-refractivity contribution in [1.29, 1.82) is 0 Å². The summed E-state index contributed by atoms with van der Waals surface area (Å²) in [7, 11) is 0. The van der Waals surface area contributed by atoms with Gasteiger partial charge >= 0.3 is 0 Å². The lowest BCUT2D eigenvalue weighted by atomic mass is 9.99. The molecule has 4 rings (SSSR count). The average Bonchev–Trinajstić information content (AvgIpc) is 3.61. The molecule has 0 spiro atoms. The summed E-state index contributed by atoms with van der Waals surface area (Å²) < 4.78 is 0. The second-order valence-electron chi connectivity index (χ2n) is 10.5. The number of hydrogen-bond donors (Lipinski definition) is 8. The molecule has 238 valence electrons. The number of allylic oxidation sites excluding steroid dienone is 1. The molecule has 0 unspecified atom stereocenters. The van der Waals surface area contributed by atoms with Gasteiger partial charge in [0.2, 0.25) is 23.7 Å². The first-order valence-electron chi connectivity index (χ1n) is 14.3. The molecule has 13 heteroatoms. The fourth-order valence-corrected chi connectivity index (χ4v) is 6.01. The van der Waals surface area contributed by atoms with Crippen molar-refractivity contribution in [1.82, 2.24) is 20.2 Å². The lowest BCUT2D eigenvalue weighted by Gasteiger charge is -2.18. The number of amides is 2. The van der Waals surface area contributed by atoms with Crippen LogP contribution in [0.5, 0.6) is 28.7 Å². The number of anilines is 1. The molecule has 12 nitrogen and oxygen atoms in total. The molecule has 0 saturated heterocycles. The second-order valence-corrected chi connectivity index (χ2v) is 11.3. The van der Waals surface area contributed by atoms with Gasteiger partial charge in [0, 0.05) is 46.7 Å². The predicted octanol–water partition coefficient (Wildman–Crippen LogP) is 5.15. The highest BCUT2D eigenvalue weighted by Gasteiger charge is 2.26. The monoisotopic (exact) mass is 635 g/mol. The maximum Gasteiger partial charge on any atom is 0.253 e. The van der Waals surface area contributed by atoms with E-state index in [4.69, 9.17) is 0 Å². The van der Waals surface area contributed by atoms with E-state index in [1.165, 1.54) is 0 Å². The third kappa shape index (κ3) is 6.59. The molecule has 4 aromatic rings. The van der Waals surface area contributed by atoms with E-state index in [9.17, 15) is 35.1 Å². The zero-order chi connectivity index (χ0) is 33.0. The minimum Gasteiger partial charge on any atom is -0.504 e. The third-order valence-corrected chi connectivity index (χ3v) is 8.58. The average molecular weight is 636 g/mol. The van der Waals surface area contributed by atoms with Crippen LogP contribution in [-0.2, 0) is 4.79 Å². The van der Waals surface area contributed by atoms with Crippen molar-refractivity contribution in [2.45, 2.75) is 34.6 Å². The number of nitrogens with zero attached hydrogens (tertiary/aromatic N) is 2. The van der Waals surface area contributed by atoms with Gasteiger partial charge in [-0.3, -0.25) is 9.59 Å². The first kappa shape index (κ1) is 32.9. The Labute approximate surface area is 264 Å². The quantitative estimate of drug-likeness (QED) is 0.0591. The van der Waals surface area contributed by atoms with Gasteiger partial charge in [-0.15, -0.1) is 11.3 Å². The Morgan fingerprint density at radius 1 is 1.02 bits per heavy atom. The number of carbonyl (C=O) groups is 2. The van der Waals surface area contributed by atoms with Crippen LogP contribution in [-0.4, -0.2) is 78.9 Å². The summed E-state index contributed by atoms with van der Waals surface area (Å²) in [5, 5.41) is 57.8. The number of thiazole rings is 1. The van der Waals surface area contributed by atoms with Crippen LogP contribution in [0.15, 0.2) is 23.6 Å². The van der Waals surface area contributed by atoms with Gasteiger partial charge in [0.15, 0.2) is 11.5 Å². The number of likely N-dealkylation sites (N-methyl/N-ethyl adjacent to an activating group) is 1. The smallest absolute Gasteiger partial charge is 0.253 e. The summed E-state index contributed by atoms with van der Waals surface area (Å²) in [6.45, 7) is 12.9. The minimum absolute atomic E-state index is 0.0786. The highest BCUT2D eigenvalue weighted by molar-refractivity contribution is 7.13. The zero-order valence-electron chi connectivity index (χ0n) is 25.6. The lowest BCUT2D eigenvalue weighted by Crippen LogP contribution is -2.35. The van der Waals surface area contributed by atoms with Crippen LogP contribution in [0, 0.1) is 13.8 Å². The third-order valence-electron chi connectivity index (χ3n) is 7.72. The molecule has 0 atom stereocenters. The number of phenolic OH excluding ortho intramolecular Hbond substituents is 5. The van der Waals surface area contributed by atoms with Crippen LogP contribution in [0.3, 0.4) is 0 Å². The van der Waals surface area contributed by atoms with E-state index in [0.29, 0.717) is 41.0 Å². The minimum atomic E-state index is -1.05. The van der Waals surface area contributed by atoms with Crippen molar-refractivity contribution in [2.24, 2.45) is 0 Å². The maximum atomic E-state index is 13.1. The molecule has 8 N–H and O–H groups in total. The van der Waals surface area contributed by atoms with E-state index in [1.807, 2.05) is 32.9 Å². The lowest BCUT2D eigenvalue weighted by molar-refractivity contribution is -0.105. The van der Waals surface area contributed by atoms with E-state index in [0.717, 1.165) is 53.5 Å². The van der Waals surface area contributed by atoms with Crippen molar-refractivity contribution >= 4 is 41.0 Å². The number of aromatic nitrogens is 2. The van der Waals surface area contributed by atoms with Crippen molar-refractivity contribution < 1.29 is 35.1 Å². The van der Waals surface area contributed by atoms with Crippen LogP contribution in [0.25, 0.3) is 33.5 Å². The van der Waals surface area contributed by atoms with E-state index < -0.39 is 28.7 Å². The zero-order valence-corrected chi connectivity index (χ0v) is 26.5. The SMILES string of the molecule is CCN(CC)CCNC(=O)c1c(C)[nH]c(/C=C(\C)c2cc(-c3csc(-c4c(O)c(O)c(O)c(O)c4O)n3)ccc2NC=O)c1C. The number of carbonyl (C=O) groups excluding carboxylic acids is 2. The fourth-order valence-electron chi connectivity index (χ4n) is 5.14. The van der Waals surface area contributed by atoms with Crippen molar-refractivity contribution in [3.05, 3.63) is 51.7 Å². The molecule has 0 fully saturated rings. The molecule has 0 aliphatic carbocycles. The van der Waals surface area contributed by atoms with E-state index >= 15 is 0 Å². The second kappa shape index (κ2) is 13.7. The Morgan fingerprint density at radius 2 is 1.67 bits per heavy atom. The first-order valence-corrected chi connectivity index (χ1v) is 15.2. The fraction of sp³-hybridized carbons (Fsp3) is 0.281. The van der Waals surface area contributed by atoms with Crippen LogP contribution in [0.4, 0.5) is 5.69 Å². The van der Waals surface area contributed by atoms with Gasteiger partial charge in [0.1, 0.15) is 10.6 Å². The van der Waals surface area contributed by atoms with Gasteiger partial charge < -0.3 is 46.1 Å².